The summed E-state index contributed by atoms with van der Waals surface area (Å²) in [5, 5.41) is 3.19. The van der Waals surface area contributed by atoms with E-state index < -0.39 is 6.29 Å². The lowest BCUT2D eigenvalue weighted by molar-refractivity contribution is -0.286. The number of fused-ring (bicyclic) bond motifs is 1. The predicted molar refractivity (Wildman–Crippen MR) is 49.3 cm³/mol. The molecule has 1 aromatic carbocycles. The number of ether oxygens (including phenoxy) is 2. The molecule has 5 heteroatoms. The van der Waals surface area contributed by atoms with Crippen molar-refractivity contribution in [1.82, 2.24) is 0 Å². The zero-order valence-corrected chi connectivity index (χ0v) is 7.80. The maximum absolute atomic E-state index is 12.7. The highest BCUT2D eigenvalue weighted by Crippen LogP contribution is 2.42. The number of anilines is 1. The molecule has 0 radical (unpaired) electrons. The Morgan fingerprint density at radius 1 is 1.20 bits per heavy atom. The number of hydrogen-bond donors (Lipinski definition) is 1. The van der Waals surface area contributed by atoms with Crippen molar-refractivity contribution in [3.63, 3.8) is 0 Å². The van der Waals surface area contributed by atoms with E-state index in [1.54, 1.807) is 6.07 Å². The predicted octanol–water partition coefficient (Wildman–Crippen LogP) is 2.58. The van der Waals surface area contributed by atoms with E-state index in [-0.39, 0.29) is 11.5 Å². The van der Waals surface area contributed by atoms with Crippen LogP contribution in [0.1, 0.15) is 12.8 Å². The molecule has 2 aliphatic rings. The highest BCUT2D eigenvalue weighted by molar-refractivity contribution is 5.56. The number of nitrogens with one attached hydrogen (secondary N) is 1. The van der Waals surface area contributed by atoms with Gasteiger partial charge in [-0.25, -0.2) is 0 Å². The van der Waals surface area contributed by atoms with Crippen LogP contribution < -0.4 is 14.8 Å². The summed E-state index contributed by atoms with van der Waals surface area (Å²) in [6.07, 6.45) is -1.27. The van der Waals surface area contributed by atoms with E-state index in [4.69, 9.17) is 0 Å². The summed E-state index contributed by atoms with van der Waals surface area (Å²) in [7, 11) is 0. The number of hydrogen-bond acceptors (Lipinski definition) is 3. The molecule has 1 aliphatic heterocycles. The van der Waals surface area contributed by atoms with Gasteiger partial charge < -0.3 is 14.8 Å². The van der Waals surface area contributed by atoms with Crippen molar-refractivity contribution in [2.24, 2.45) is 0 Å². The van der Waals surface area contributed by atoms with Crippen LogP contribution >= 0.6 is 0 Å². The fourth-order valence-corrected chi connectivity index (χ4v) is 1.50. The smallest absolute Gasteiger partial charge is 0.395 e. The third-order valence-electron chi connectivity index (χ3n) is 2.35. The molecule has 1 aromatic rings. The molecular weight excluding hydrogens is 204 g/mol. The second-order valence-corrected chi connectivity index (χ2v) is 3.75. The lowest BCUT2D eigenvalue weighted by atomic mass is 10.3. The average Bonchev–Trinajstić information content (AvgIpc) is 2.87. The van der Waals surface area contributed by atoms with Gasteiger partial charge >= 0.3 is 6.29 Å². The van der Waals surface area contributed by atoms with E-state index >= 15 is 0 Å². The molecule has 0 atom stereocenters. The molecule has 3 rings (SSSR count). The quantitative estimate of drug-likeness (QED) is 0.819. The molecular formula is C10H9F2NO2. The Hall–Kier alpha value is -1.52. The first-order valence-corrected chi connectivity index (χ1v) is 4.79. The molecule has 1 saturated carbocycles. The van der Waals surface area contributed by atoms with Crippen LogP contribution in [0.15, 0.2) is 18.2 Å². The van der Waals surface area contributed by atoms with Crippen LogP contribution in [0.2, 0.25) is 0 Å². The Labute approximate surface area is 85.0 Å². The van der Waals surface area contributed by atoms with Gasteiger partial charge in [0.25, 0.3) is 0 Å². The maximum Gasteiger partial charge on any atom is 0.586 e. The Morgan fingerprint density at radius 3 is 2.67 bits per heavy atom. The van der Waals surface area contributed by atoms with Crippen LogP contribution in [-0.4, -0.2) is 12.3 Å². The van der Waals surface area contributed by atoms with Gasteiger partial charge in [-0.05, 0) is 25.0 Å². The van der Waals surface area contributed by atoms with Crippen molar-refractivity contribution < 1.29 is 18.3 Å². The average molecular weight is 213 g/mol. The lowest BCUT2D eigenvalue weighted by Crippen LogP contribution is -2.25. The molecule has 80 valence electrons. The first-order chi connectivity index (χ1) is 7.12. The molecule has 0 unspecified atom stereocenters. The molecule has 1 heterocycles. The van der Waals surface area contributed by atoms with Gasteiger partial charge in [-0.1, -0.05) is 0 Å². The van der Waals surface area contributed by atoms with E-state index in [9.17, 15) is 8.78 Å². The van der Waals surface area contributed by atoms with Crippen molar-refractivity contribution in [3.05, 3.63) is 18.2 Å². The first-order valence-electron chi connectivity index (χ1n) is 4.79. The van der Waals surface area contributed by atoms with Gasteiger partial charge in [0.1, 0.15) is 0 Å². The Bertz CT molecular complexity index is 404. The Balaban J connectivity index is 1.85. The summed E-state index contributed by atoms with van der Waals surface area (Å²) in [6, 6.07) is 5.21. The summed E-state index contributed by atoms with van der Waals surface area (Å²) in [4.78, 5) is 0. The summed E-state index contributed by atoms with van der Waals surface area (Å²) < 4.78 is 34.0. The topological polar surface area (TPSA) is 30.5 Å². The van der Waals surface area contributed by atoms with E-state index in [2.05, 4.69) is 14.8 Å². The molecule has 1 N–H and O–H groups in total. The minimum Gasteiger partial charge on any atom is -0.395 e. The molecule has 0 bridgehead atoms. The van der Waals surface area contributed by atoms with E-state index in [0.29, 0.717) is 6.04 Å². The summed E-state index contributed by atoms with van der Waals surface area (Å²) >= 11 is 0. The standard InChI is InChI=1S/C10H9F2NO2/c11-10(12)14-8-4-3-7(5-9(8)15-10)13-6-1-2-6/h3-6,13H,1-2H2. The summed E-state index contributed by atoms with van der Waals surface area (Å²) in [5.41, 5.74) is 0.789. The summed E-state index contributed by atoms with van der Waals surface area (Å²) in [6.45, 7) is 0. The van der Waals surface area contributed by atoms with Crippen LogP contribution in [0.3, 0.4) is 0 Å². The molecule has 0 spiro atoms. The van der Waals surface area contributed by atoms with Crippen LogP contribution in [0.5, 0.6) is 11.5 Å². The van der Waals surface area contributed by atoms with Gasteiger partial charge in [0.2, 0.25) is 0 Å². The van der Waals surface area contributed by atoms with Crippen molar-refractivity contribution in [2.75, 3.05) is 5.32 Å². The third-order valence-corrected chi connectivity index (χ3v) is 2.35. The van der Waals surface area contributed by atoms with Crippen molar-refractivity contribution >= 4 is 5.69 Å². The van der Waals surface area contributed by atoms with Gasteiger partial charge in [0, 0.05) is 17.8 Å². The van der Waals surface area contributed by atoms with Crippen LogP contribution in [0.25, 0.3) is 0 Å². The van der Waals surface area contributed by atoms with Crippen LogP contribution in [0, 0.1) is 0 Å². The van der Waals surface area contributed by atoms with E-state index in [0.717, 1.165) is 18.5 Å². The number of benzene rings is 1. The Kier molecular flexibility index (Phi) is 1.60. The second kappa shape index (κ2) is 2.74. The monoisotopic (exact) mass is 213 g/mol. The van der Waals surface area contributed by atoms with Gasteiger partial charge in [-0.2, -0.15) is 0 Å². The maximum atomic E-state index is 12.7. The highest BCUT2D eigenvalue weighted by Gasteiger charge is 2.43. The minimum absolute atomic E-state index is 0.0846. The van der Waals surface area contributed by atoms with Crippen LogP contribution in [0.4, 0.5) is 14.5 Å². The minimum atomic E-state index is -3.53. The van der Waals surface area contributed by atoms with Gasteiger partial charge in [0.05, 0.1) is 0 Å². The van der Waals surface area contributed by atoms with Crippen LogP contribution in [-0.2, 0) is 0 Å². The molecule has 0 saturated heterocycles. The molecule has 1 fully saturated rings. The molecule has 3 nitrogen and oxygen atoms in total. The largest absolute Gasteiger partial charge is 0.586 e. The number of halogens is 2. The number of alkyl halides is 2. The van der Waals surface area contributed by atoms with E-state index in [1.807, 2.05) is 0 Å². The van der Waals surface area contributed by atoms with Gasteiger partial charge in [-0.3, -0.25) is 0 Å². The fourth-order valence-electron chi connectivity index (χ4n) is 1.50. The zero-order chi connectivity index (χ0) is 10.5. The first kappa shape index (κ1) is 8.76. The molecule has 15 heavy (non-hydrogen) atoms. The Morgan fingerprint density at radius 2 is 1.93 bits per heavy atom. The normalized spacial score (nSPS) is 21.5. The highest BCUT2D eigenvalue weighted by atomic mass is 19.3. The molecule has 0 aromatic heterocycles. The lowest BCUT2D eigenvalue weighted by Gasteiger charge is -2.05. The zero-order valence-electron chi connectivity index (χ0n) is 7.80. The molecule has 0 amide bonds. The van der Waals surface area contributed by atoms with Crippen molar-refractivity contribution in [1.29, 1.82) is 0 Å². The fraction of sp³-hybridized carbons (Fsp3) is 0.400. The van der Waals surface area contributed by atoms with Crippen molar-refractivity contribution in [3.8, 4) is 11.5 Å². The second-order valence-electron chi connectivity index (χ2n) is 3.75. The van der Waals surface area contributed by atoms with Gasteiger partial charge in [-0.15, -0.1) is 8.78 Å². The number of rotatable bonds is 2. The van der Waals surface area contributed by atoms with Crippen molar-refractivity contribution in [2.45, 2.75) is 25.2 Å². The van der Waals surface area contributed by atoms with E-state index in [1.165, 1.54) is 12.1 Å². The molecule has 1 aliphatic carbocycles. The SMILES string of the molecule is FC1(F)Oc2ccc(NC3CC3)cc2O1. The third kappa shape index (κ3) is 1.69. The van der Waals surface area contributed by atoms with Gasteiger partial charge in [0.15, 0.2) is 11.5 Å². The summed E-state index contributed by atoms with van der Waals surface area (Å²) in [5.74, 6) is 0.173.